The monoisotopic (exact) mass is 330 g/mol. The predicted molar refractivity (Wildman–Crippen MR) is 88.7 cm³/mol. The SMILES string of the molecule is CNC(=O)NC(=O)[C@@H]([NH2+]CCc1ccccc1F)c1ccccc1. The van der Waals surface area contributed by atoms with E-state index in [9.17, 15) is 14.0 Å². The first-order chi connectivity index (χ1) is 11.6. The molecule has 4 N–H and O–H groups in total. The normalized spacial score (nSPS) is 11.6. The van der Waals surface area contributed by atoms with Gasteiger partial charge in [0.25, 0.3) is 5.91 Å². The Labute approximate surface area is 140 Å². The Bertz CT molecular complexity index is 692. The van der Waals surface area contributed by atoms with E-state index in [0.29, 0.717) is 18.5 Å². The molecule has 2 aromatic carbocycles. The minimum absolute atomic E-state index is 0.253. The van der Waals surface area contributed by atoms with Crippen LogP contribution in [0.2, 0.25) is 0 Å². The molecule has 2 rings (SSSR count). The molecule has 0 radical (unpaired) electrons. The van der Waals surface area contributed by atoms with Crippen LogP contribution in [0.5, 0.6) is 0 Å². The van der Waals surface area contributed by atoms with Crippen LogP contribution in [-0.2, 0) is 11.2 Å². The first-order valence-corrected chi connectivity index (χ1v) is 7.76. The molecule has 0 saturated carbocycles. The summed E-state index contributed by atoms with van der Waals surface area (Å²) >= 11 is 0. The zero-order valence-electron chi connectivity index (χ0n) is 13.5. The van der Waals surface area contributed by atoms with E-state index in [4.69, 9.17) is 0 Å². The zero-order chi connectivity index (χ0) is 17.4. The summed E-state index contributed by atoms with van der Waals surface area (Å²) in [6, 6.07) is 14.6. The van der Waals surface area contributed by atoms with Crippen molar-refractivity contribution in [1.82, 2.24) is 10.6 Å². The number of halogens is 1. The molecule has 2 aromatic rings. The van der Waals surface area contributed by atoms with Crippen molar-refractivity contribution in [2.45, 2.75) is 12.5 Å². The van der Waals surface area contributed by atoms with Crippen molar-refractivity contribution >= 4 is 11.9 Å². The van der Waals surface area contributed by atoms with E-state index in [2.05, 4.69) is 10.6 Å². The summed E-state index contributed by atoms with van der Waals surface area (Å²) in [5.74, 6) is -0.661. The van der Waals surface area contributed by atoms with Crippen LogP contribution in [0, 0.1) is 5.82 Å². The summed E-state index contributed by atoms with van der Waals surface area (Å²) in [6.45, 7) is 0.516. The second kappa shape index (κ2) is 8.79. The Hall–Kier alpha value is -2.73. The van der Waals surface area contributed by atoms with Crippen molar-refractivity contribution in [1.29, 1.82) is 0 Å². The van der Waals surface area contributed by atoms with Crippen LogP contribution < -0.4 is 16.0 Å². The molecule has 0 bridgehead atoms. The maximum Gasteiger partial charge on any atom is 0.321 e. The minimum atomic E-state index is -0.574. The third-order valence-corrected chi connectivity index (χ3v) is 3.68. The molecule has 0 aliphatic carbocycles. The number of hydrogen-bond donors (Lipinski definition) is 3. The highest BCUT2D eigenvalue weighted by Crippen LogP contribution is 2.09. The van der Waals surface area contributed by atoms with Crippen LogP contribution in [0.25, 0.3) is 0 Å². The van der Waals surface area contributed by atoms with Crippen molar-refractivity contribution < 1.29 is 19.3 Å². The molecular weight excluding hydrogens is 309 g/mol. The highest BCUT2D eigenvalue weighted by atomic mass is 19.1. The number of nitrogens with one attached hydrogen (secondary N) is 2. The van der Waals surface area contributed by atoms with Crippen LogP contribution in [0.4, 0.5) is 9.18 Å². The van der Waals surface area contributed by atoms with Gasteiger partial charge in [-0.15, -0.1) is 0 Å². The molecule has 0 aliphatic heterocycles. The van der Waals surface area contributed by atoms with Crippen molar-refractivity contribution in [2.24, 2.45) is 0 Å². The molecule has 0 heterocycles. The molecule has 5 nitrogen and oxygen atoms in total. The van der Waals surface area contributed by atoms with Crippen molar-refractivity contribution in [3.8, 4) is 0 Å². The van der Waals surface area contributed by atoms with Gasteiger partial charge in [-0.25, -0.2) is 9.18 Å². The maximum atomic E-state index is 13.7. The molecule has 0 aliphatic rings. The van der Waals surface area contributed by atoms with E-state index >= 15 is 0 Å². The average molecular weight is 330 g/mol. The van der Waals surface area contributed by atoms with Crippen LogP contribution >= 0.6 is 0 Å². The van der Waals surface area contributed by atoms with Crippen LogP contribution in [0.1, 0.15) is 17.2 Å². The quantitative estimate of drug-likeness (QED) is 0.743. The van der Waals surface area contributed by atoms with Gasteiger partial charge in [0.05, 0.1) is 6.54 Å². The lowest BCUT2D eigenvalue weighted by Crippen LogP contribution is -2.88. The molecule has 0 saturated heterocycles. The number of benzene rings is 2. The van der Waals surface area contributed by atoms with Gasteiger partial charge in [0.2, 0.25) is 0 Å². The summed E-state index contributed by atoms with van der Waals surface area (Å²) in [4.78, 5) is 23.7. The standard InChI is InChI=1S/C18H20FN3O2/c1-20-18(24)22-17(23)16(14-8-3-2-4-9-14)21-12-11-13-7-5-6-10-15(13)19/h2-10,16,21H,11-12H2,1H3,(H2,20,22,23,24)/p+1/t16-/m0/s1. The van der Waals surface area contributed by atoms with E-state index < -0.39 is 18.0 Å². The smallest absolute Gasteiger partial charge is 0.321 e. The third kappa shape index (κ3) is 4.89. The maximum absolute atomic E-state index is 13.7. The summed E-state index contributed by atoms with van der Waals surface area (Å²) < 4.78 is 13.7. The molecule has 0 spiro atoms. The first kappa shape index (κ1) is 17.6. The Balaban J connectivity index is 2.05. The lowest BCUT2D eigenvalue weighted by Gasteiger charge is -2.15. The summed E-state index contributed by atoms with van der Waals surface area (Å²) in [5, 5.41) is 6.46. The van der Waals surface area contributed by atoms with Gasteiger partial charge in [0.1, 0.15) is 5.82 Å². The minimum Gasteiger partial charge on any atom is -0.341 e. The molecule has 0 unspecified atom stereocenters. The largest absolute Gasteiger partial charge is 0.341 e. The van der Waals surface area contributed by atoms with Gasteiger partial charge >= 0.3 is 6.03 Å². The van der Waals surface area contributed by atoms with E-state index in [1.165, 1.54) is 13.1 Å². The number of hydrogen-bond acceptors (Lipinski definition) is 2. The highest BCUT2D eigenvalue weighted by Gasteiger charge is 2.25. The molecule has 0 fully saturated rings. The van der Waals surface area contributed by atoms with Gasteiger partial charge in [-0.3, -0.25) is 10.1 Å². The van der Waals surface area contributed by atoms with Crippen molar-refractivity contribution in [3.05, 3.63) is 71.5 Å². The molecule has 1 atom stereocenters. The molecule has 6 heteroatoms. The Morgan fingerprint density at radius 3 is 2.42 bits per heavy atom. The molecular formula is C18H21FN3O2+. The zero-order valence-corrected chi connectivity index (χ0v) is 13.5. The highest BCUT2D eigenvalue weighted by molar-refractivity contribution is 5.96. The average Bonchev–Trinajstić information content (AvgIpc) is 2.60. The van der Waals surface area contributed by atoms with E-state index in [1.807, 2.05) is 30.3 Å². The summed E-state index contributed by atoms with van der Waals surface area (Å²) in [7, 11) is 1.45. The van der Waals surface area contributed by atoms with Crippen LogP contribution in [0.3, 0.4) is 0 Å². The Morgan fingerprint density at radius 1 is 1.08 bits per heavy atom. The number of amides is 3. The molecule has 126 valence electrons. The first-order valence-electron chi connectivity index (χ1n) is 7.76. The predicted octanol–water partition coefficient (Wildman–Crippen LogP) is 1.13. The second-order valence-electron chi connectivity index (χ2n) is 5.32. The summed E-state index contributed by atoms with van der Waals surface area (Å²) in [5.41, 5.74) is 1.39. The van der Waals surface area contributed by atoms with Gasteiger partial charge in [0, 0.05) is 19.0 Å². The number of quaternary nitrogens is 1. The molecule has 0 aromatic heterocycles. The van der Waals surface area contributed by atoms with Gasteiger partial charge < -0.3 is 10.6 Å². The lowest BCUT2D eigenvalue weighted by atomic mass is 10.1. The van der Waals surface area contributed by atoms with Gasteiger partial charge in [0.15, 0.2) is 6.04 Å². The lowest BCUT2D eigenvalue weighted by molar-refractivity contribution is -0.682. The number of carbonyl (C=O) groups excluding carboxylic acids is 2. The molecule has 3 amide bonds. The number of imide groups is 1. The van der Waals surface area contributed by atoms with Gasteiger partial charge in [-0.05, 0) is 11.6 Å². The third-order valence-electron chi connectivity index (χ3n) is 3.68. The second-order valence-corrected chi connectivity index (χ2v) is 5.32. The Morgan fingerprint density at radius 2 is 1.75 bits per heavy atom. The van der Waals surface area contributed by atoms with Crippen molar-refractivity contribution in [2.75, 3.05) is 13.6 Å². The van der Waals surface area contributed by atoms with E-state index in [1.54, 1.807) is 23.5 Å². The van der Waals surface area contributed by atoms with Gasteiger partial charge in [-0.2, -0.15) is 0 Å². The van der Waals surface area contributed by atoms with Crippen LogP contribution in [-0.4, -0.2) is 25.5 Å². The van der Waals surface area contributed by atoms with Gasteiger partial charge in [-0.1, -0.05) is 48.5 Å². The number of rotatable bonds is 6. The van der Waals surface area contributed by atoms with E-state index in [-0.39, 0.29) is 5.82 Å². The number of urea groups is 1. The van der Waals surface area contributed by atoms with E-state index in [0.717, 1.165) is 5.56 Å². The fourth-order valence-corrected chi connectivity index (χ4v) is 2.41. The number of carbonyl (C=O) groups is 2. The fraction of sp³-hybridized carbons (Fsp3) is 0.222. The van der Waals surface area contributed by atoms with Crippen LogP contribution in [0.15, 0.2) is 54.6 Å². The van der Waals surface area contributed by atoms with Crippen molar-refractivity contribution in [3.63, 3.8) is 0 Å². The topological polar surface area (TPSA) is 74.8 Å². The fourth-order valence-electron chi connectivity index (χ4n) is 2.41. The summed E-state index contributed by atoms with van der Waals surface area (Å²) in [6.07, 6.45) is 0.489. The number of nitrogens with two attached hydrogens (primary N) is 1. The molecule has 24 heavy (non-hydrogen) atoms. The Kier molecular flexibility index (Phi) is 6.45.